The first-order valence-corrected chi connectivity index (χ1v) is 8.55. The van der Waals surface area contributed by atoms with Crippen LogP contribution in [0.4, 0.5) is 9.18 Å². The van der Waals surface area contributed by atoms with Crippen LogP contribution in [-0.2, 0) is 11.3 Å². The van der Waals surface area contributed by atoms with Crippen molar-refractivity contribution >= 4 is 6.09 Å². The number of nitrogens with zero attached hydrogens (tertiary/aromatic N) is 1. The Hall–Kier alpha value is -2.84. The van der Waals surface area contributed by atoms with Crippen molar-refractivity contribution in [2.75, 3.05) is 0 Å². The molecule has 0 aliphatic carbocycles. The minimum absolute atomic E-state index is 0.00396. The second-order valence-corrected chi connectivity index (χ2v) is 5.73. The standard InChI is InChI=1S/C21H22FNO3/c1-2-3-4-8-15-20(18-13-9-10-14-19(18)22)23(25)21(24)26-16-17-11-6-5-7-12-17/h5-7,9-14,20,25H,2-4,16H2,1H3. The van der Waals surface area contributed by atoms with Gasteiger partial charge in [0.25, 0.3) is 0 Å². The fourth-order valence-electron chi connectivity index (χ4n) is 2.29. The Balaban J connectivity index is 2.13. The number of carbonyl (C=O) groups excluding carboxylic acids is 1. The third-order valence-corrected chi connectivity index (χ3v) is 3.73. The maximum Gasteiger partial charge on any atom is 0.435 e. The summed E-state index contributed by atoms with van der Waals surface area (Å²) in [6.45, 7) is 2.04. The summed E-state index contributed by atoms with van der Waals surface area (Å²) in [4.78, 5) is 12.2. The zero-order valence-electron chi connectivity index (χ0n) is 14.7. The van der Waals surface area contributed by atoms with E-state index in [9.17, 15) is 14.4 Å². The van der Waals surface area contributed by atoms with E-state index in [1.165, 1.54) is 18.2 Å². The topological polar surface area (TPSA) is 49.8 Å². The van der Waals surface area contributed by atoms with Crippen LogP contribution in [0.3, 0.4) is 0 Å². The molecule has 0 aromatic heterocycles. The van der Waals surface area contributed by atoms with E-state index in [0.29, 0.717) is 11.5 Å². The zero-order valence-corrected chi connectivity index (χ0v) is 14.7. The number of benzene rings is 2. The maximum absolute atomic E-state index is 14.1. The Morgan fingerprint density at radius 2 is 1.88 bits per heavy atom. The van der Waals surface area contributed by atoms with E-state index in [4.69, 9.17) is 4.74 Å². The molecule has 0 aliphatic heterocycles. The van der Waals surface area contributed by atoms with Gasteiger partial charge >= 0.3 is 6.09 Å². The van der Waals surface area contributed by atoms with Gasteiger partial charge in [0.15, 0.2) is 6.04 Å². The molecule has 0 saturated carbocycles. The van der Waals surface area contributed by atoms with Gasteiger partial charge in [0, 0.05) is 12.0 Å². The maximum atomic E-state index is 14.1. The number of hydrogen-bond donors (Lipinski definition) is 1. The summed E-state index contributed by atoms with van der Waals surface area (Å²) in [6, 6.07) is 13.9. The molecule has 2 aromatic rings. The monoisotopic (exact) mass is 355 g/mol. The zero-order chi connectivity index (χ0) is 18.8. The summed E-state index contributed by atoms with van der Waals surface area (Å²) in [7, 11) is 0. The van der Waals surface area contributed by atoms with Crippen molar-refractivity contribution in [3.63, 3.8) is 0 Å². The van der Waals surface area contributed by atoms with Crippen LogP contribution in [0.1, 0.15) is 43.4 Å². The predicted molar refractivity (Wildman–Crippen MR) is 96.7 cm³/mol. The molecule has 26 heavy (non-hydrogen) atoms. The van der Waals surface area contributed by atoms with Crippen molar-refractivity contribution in [3.8, 4) is 11.8 Å². The van der Waals surface area contributed by atoms with E-state index in [0.717, 1.165) is 18.4 Å². The fraction of sp³-hybridized carbons (Fsp3) is 0.286. The van der Waals surface area contributed by atoms with Gasteiger partial charge < -0.3 is 4.74 Å². The number of carbonyl (C=O) groups is 1. The van der Waals surface area contributed by atoms with Crippen LogP contribution in [0.15, 0.2) is 54.6 Å². The third-order valence-electron chi connectivity index (χ3n) is 3.73. The van der Waals surface area contributed by atoms with Crippen LogP contribution >= 0.6 is 0 Å². The lowest BCUT2D eigenvalue weighted by Crippen LogP contribution is -2.32. The summed E-state index contributed by atoms with van der Waals surface area (Å²) in [5.74, 6) is 5.13. The molecule has 0 fully saturated rings. The highest BCUT2D eigenvalue weighted by atomic mass is 19.1. The first kappa shape index (κ1) is 19.5. The number of unbranched alkanes of at least 4 members (excludes halogenated alkanes) is 2. The number of hydroxylamine groups is 2. The molecule has 2 aromatic carbocycles. The molecular formula is C21H22FNO3. The predicted octanol–water partition coefficient (Wildman–Crippen LogP) is 5.09. The van der Waals surface area contributed by atoms with Gasteiger partial charge in [-0.3, -0.25) is 5.21 Å². The smallest absolute Gasteiger partial charge is 0.435 e. The van der Waals surface area contributed by atoms with E-state index in [1.807, 2.05) is 25.1 Å². The minimum atomic E-state index is -1.13. The van der Waals surface area contributed by atoms with Crippen LogP contribution in [0, 0.1) is 17.7 Å². The van der Waals surface area contributed by atoms with Crippen molar-refractivity contribution in [2.45, 2.75) is 38.8 Å². The number of halogens is 1. The van der Waals surface area contributed by atoms with Crippen LogP contribution in [0.2, 0.25) is 0 Å². The van der Waals surface area contributed by atoms with Crippen molar-refractivity contribution in [3.05, 3.63) is 71.5 Å². The largest absolute Gasteiger partial charge is 0.443 e. The average Bonchev–Trinajstić information content (AvgIpc) is 2.67. The summed E-state index contributed by atoms with van der Waals surface area (Å²) in [5.41, 5.74) is 0.904. The van der Waals surface area contributed by atoms with Crippen molar-refractivity contribution in [1.82, 2.24) is 5.06 Å². The van der Waals surface area contributed by atoms with Crippen LogP contribution < -0.4 is 0 Å². The number of hydrogen-bond acceptors (Lipinski definition) is 3. The van der Waals surface area contributed by atoms with Gasteiger partial charge in [-0.25, -0.2) is 9.18 Å². The molecule has 0 spiro atoms. The van der Waals surface area contributed by atoms with Crippen LogP contribution in [0.25, 0.3) is 0 Å². The molecule has 2 rings (SSSR count). The molecule has 1 N–H and O–H groups in total. The lowest BCUT2D eigenvalue weighted by Gasteiger charge is -2.22. The van der Waals surface area contributed by atoms with Gasteiger partial charge in [-0.05, 0) is 18.1 Å². The minimum Gasteiger partial charge on any atom is -0.443 e. The Kier molecular flexibility index (Phi) is 7.66. The van der Waals surface area contributed by atoms with Crippen LogP contribution in [-0.4, -0.2) is 16.4 Å². The van der Waals surface area contributed by atoms with Crippen LogP contribution in [0.5, 0.6) is 0 Å². The highest BCUT2D eigenvalue weighted by molar-refractivity contribution is 5.67. The summed E-state index contributed by atoms with van der Waals surface area (Å²) < 4.78 is 19.2. The number of rotatable bonds is 6. The number of ether oxygens (including phenoxy) is 1. The van der Waals surface area contributed by atoms with E-state index >= 15 is 0 Å². The summed E-state index contributed by atoms with van der Waals surface area (Å²) in [6.07, 6.45) is 1.49. The molecule has 4 nitrogen and oxygen atoms in total. The van der Waals surface area contributed by atoms with Gasteiger partial charge in [-0.2, -0.15) is 5.06 Å². The fourth-order valence-corrected chi connectivity index (χ4v) is 2.29. The van der Waals surface area contributed by atoms with E-state index in [1.54, 1.807) is 18.2 Å². The molecule has 0 bridgehead atoms. The average molecular weight is 355 g/mol. The first-order valence-electron chi connectivity index (χ1n) is 8.55. The third kappa shape index (κ3) is 5.61. The highest BCUT2D eigenvalue weighted by Crippen LogP contribution is 2.22. The van der Waals surface area contributed by atoms with Gasteiger partial charge in [-0.15, -0.1) is 5.92 Å². The summed E-state index contributed by atoms with van der Waals surface area (Å²) in [5, 5.41) is 10.6. The van der Waals surface area contributed by atoms with Crippen molar-refractivity contribution in [1.29, 1.82) is 0 Å². The molecule has 136 valence electrons. The molecule has 1 atom stereocenters. The van der Waals surface area contributed by atoms with Gasteiger partial charge in [0.2, 0.25) is 0 Å². The highest BCUT2D eigenvalue weighted by Gasteiger charge is 2.26. The van der Waals surface area contributed by atoms with E-state index in [2.05, 4.69) is 11.8 Å². The van der Waals surface area contributed by atoms with Gasteiger partial charge in [0.05, 0.1) is 0 Å². The molecule has 0 saturated heterocycles. The molecule has 0 radical (unpaired) electrons. The van der Waals surface area contributed by atoms with Gasteiger partial charge in [-0.1, -0.05) is 67.8 Å². The Labute approximate surface area is 153 Å². The molecule has 5 heteroatoms. The lowest BCUT2D eigenvalue weighted by atomic mass is 10.1. The SMILES string of the molecule is CCCCC#CC(c1ccccc1F)N(O)C(=O)OCc1ccccc1. The second-order valence-electron chi connectivity index (χ2n) is 5.73. The number of amides is 1. The molecular weight excluding hydrogens is 333 g/mol. The summed E-state index contributed by atoms with van der Waals surface area (Å²) >= 11 is 0. The molecule has 1 amide bonds. The van der Waals surface area contributed by atoms with Gasteiger partial charge in [0.1, 0.15) is 12.4 Å². The first-order chi connectivity index (χ1) is 12.6. The molecule has 0 aliphatic rings. The Bertz CT molecular complexity index is 768. The molecule has 0 heterocycles. The van der Waals surface area contributed by atoms with E-state index in [-0.39, 0.29) is 12.2 Å². The van der Waals surface area contributed by atoms with Crippen molar-refractivity contribution in [2.24, 2.45) is 0 Å². The van der Waals surface area contributed by atoms with E-state index < -0.39 is 18.0 Å². The lowest BCUT2D eigenvalue weighted by molar-refractivity contribution is -0.0941. The Morgan fingerprint density at radius 3 is 2.58 bits per heavy atom. The quantitative estimate of drug-likeness (QED) is 0.340. The normalized spacial score (nSPS) is 11.2. The second kappa shape index (κ2) is 10.2. The Morgan fingerprint density at radius 1 is 1.19 bits per heavy atom. The van der Waals surface area contributed by atoms with Crippen molar-refractivity contribution < 1.29 is 19.1 Å². The molecule has 1 unspecified atom stereocenters.